The van der Waals surface area contributed by atoms with Gasteiger partial charge < -0.3 is 10.3 Å². The summed E-state index contributed by atoms with van der Waals surface area (Å²) >= 11 is 0. The molecule has 0 aliphatic heterocycles. The Bertz CT molecular complexity index is 324. The molecule has 6 nitrogen and oxygen atoms in total. The van der Waals surface area contributed by atoms with Gasteiger partial charge in [0.05, 0.1) is 0 Å². The number of carbonyl (C=O) groups excluding carboxylic acids is 1. The monoisotopic (exact) mass is 258 g/mol. The number of aliphatic carboxylic acids is 1. The van der Waals surface area contributed by atoms with E-state index >= 15 is 0 Å². The molecule has 1 amide bonds. The van der Waals surface area contributed by atoms with Crippen molar-refractivity contribution in [2.45, 2.75) is 46.6 Å². The molecule has 6 heteroatoms. The summed E-state index contributed by atoms with van der Waals surface area (Å²) in [7, 11) is 0. The van der Waals surface area contributed by atoms with Gasteiger partial charge in [-0.15, -0.1) is 0 Å². The van der Waals surface area contributed by atoms with E-state index in [0.717, 1.165) is 0 Å². The molecule has 0 bridgehead atoms. The number of nitrogens with zero attached hydrogens (tertiary/aromatic N) is 1. The summed E-state index contributed by atoms with van der Waals surface area (Å²) in [6.07, 6.45) is 0.619. The highest BCUT2D eigenvalue weighted by molar-refractivity contribution is 6.37. The number of nitrogens with one attached hydrogen (secondary N) is 1. The standard InChI is InChI=1S/C12H22N2O4/c1-7(2)5-9(14-18)11(15)13-10(12(16)17)6-8(3)4/h7-9,14,18H,5-6H2,1-4H3,(H,16,17)/t9-/m0/s1. The van der Waals surface area contributed by atoms with E-state index in [0.29, 0.717) is 6.42 Å². The molecule has 0 fully saturated rings. The lowest BCUT2D eigenvalue weighted by atomic mass is 10.0. The van der Waals surface area contributed by atoms with Crippen LogP contribution in [0.5, 0.6) is 0 Å². The lowest BCUT2D eigenvalue weighted by Crippen LogP contribution is -2.35. The smallest absolute Gasteiger partial charge is 0.350 e. The van der Waals surface area contributed by atoms with Crippen LogP contribution in [-0.4, -0.2) is 33.9 Å². The topological polar surface area (TPSA) is 99.0 Å². The van der Waals surface area contributed by atoms with Crippen LogP contribution in [0.15, 0.2) is 4.99 Å². The quantitative estimate of drug-likeness (QED) is 0.474. The minimum Gasteiger partial charge on any atom is -0.477 e. The van der Waals surface area contributed by atoms with Gasteiger partial charge in [0.25, 0.3) is 5.91 Å². The first-order valence-corrected chi connectivity index (χ1v) is 6.02. The fourth-order valence-electron chi connectivity index (χ4n) is 1.46. The molecule has 0 aromatic carbocycles. The van der Waals surface area contributed by atoms with Crippen molar-refractivity contribution in [2.24, 2.45) is 16.8 Å². The highest BCUT2D eigenvalue weighted by Gasteiger charge is 2.21. The molecule has 104 valence electrons. The zero-order chi connectivity index (χ0) is 14.3. The number of carbonyl (C=O) groups is 2. The Morgan fingerprint density at radius 1 is 1.17 bits per heavy atom. The van der Waals surface area contributed by atoms with Crippen molar-refractivity contribution in [3.8, 4) is 0 Å². The number of aliphatic imine (C=N–C) groups is 1. The third kappa shape index (κ3) is 6.46. The molecule has 0 aromatic rings. The molecule has 0 heterocycles. The van der Waals surface area contributed by atoms with Gasteiger partial charge in [-0.1, -0.05) is 27.7 Å². The number of rotatable bonds is 7. The second-order valence-electron chi connectivity index (χ2n) is 5.11. The van der Waals surface area contributed by atoms with Crippen molar-refractivity contribution >= 4 is 17.6 Å². The minimum atomic E-state index is -1.20. The summed E-state index contributed by atoms with van der Waals surface area (Å²) < 4.78 is 0. The van der Waals surface area contributed by atoms with Crippen LogP contribution in [0.3, 0.4) is 0 Å². The van der Waals surface area contributed by atoms with Gasteiger partial charge >= 0.3 is 5.97 Å². The van der Waals surface area contributed by atoms with Crippen LogP contribution >= 0.6 is 0 Å². The van der Waals surface area contributed by atoms with Crippen LogP contribution in [0.2, 0.25) is 0 Å². The molecule has 0 aliphatic carbocycles. The van der Waals surface area contributed by atoms with Crippen molar-refractivity contribution < 1.29 is 19.9 Å². The Hall–Kier alpha value is -1.27. The average molecular weight is 258 g/mol. The number of carboxylic acids is 1. The third-order valence-electron chi connectivity index (χ3n) is 2.25. The summed E-state index contributed by atoms with van der Waals surface area (Å²) in [4.78, 5) is 26.3. The van der Waals surface area contributed by atoms with E-state index in [9.17, 15) is 9.59 Å². The van der Waals surface area contributed by atoms with Gasteiger partial charge in [0.15, 0.2) is 0 Å². The Morgan fingerprint density at radius 2 is 1.72 bits per heavy atom. The van der Waals surface area contributed by atoms with E-state index in [2.05, 4.69) is 4.99 Å². The summed E-state index contributed by atoms with van der Waals surface area (Å²) in [5.74, 6) is -1.56. The molecule has 0 aliphatic rings. The molecule has 0 radical (unpaired) electrons. The molecule has 3 N–H and O–H groups in total. The van der Waals surface area contributed by atoms with Crippen LogP contribution in [0.1, 0.15) is 40.5 Å². The van der Waals surface area contributed by atoms with Gasteiger partial charge in [0, 0.05) is 0 Å². The van der Waals surface area contributed by atoms with E-state index in [1.807, 2.05) is 33.2 Å². The average Bonchev–Trinajstić information content (AvgIpc) is 2.23. The fourth-order valence-corrected chi connectivity index (χ4v) is 1.46. The van der Waals surface area contributed by atoms with Gasteiger partial charge in [-0.05, 0) is 24.7 Å². The van der Waals surface area contributed by atoms with Crippen molar-refractivity contribution in [2.75, 3.05) is 0 Å². The van der Waals surface area contributed by atoms with Gasteiger partial charge in [0.1, 0.15) is 11.8 Å². The Kier molecular flexibility index (Phi) is 7.38. The van der Waals surface area contributed by atoms with Crippen LogP contribution in [0.4, 0.5) is 0 Å². The van der Waals surface area contributed by atoms with Crippen molar-refractivity contribution in [1.29, 1.82) is 0 Å². The number of hydrogen-bond donors (Lipinski definition) is 3. The largest absolute Gasteiger partial charge is 0.477 e. The summed E-state index contributed by atoms with van der Waals surface area (Å²) in [6, 6.07) is -0.855. The van der Waals surface area contributed by atoms with E-state index in [1.165, 1.54) is 0 Å². The van der Waals surface area contributed by atoms with Gasteiger partial charge in [0.2, 0.25) is 0 Å². The van der Waals surface area contributed by atoms with E-state index < -0.39 is 17.9 Å². The molecule has 0 saturated carbocycles. The van der Waals surface area contributed by atoms with Gasteiger partial charge in [-0.2, -0.15) is 5.48 Å². The highest BCUT2D eigenvalue weighted by atomic mass is 16.5. The maximum atomic E-state index is 11.7. The molecular weight excluding hydrogens is 236 g/mol. The summed E-state index contributed by atoms with van der Waals surface area (Å²) in [5.41, 5.74) is 1.71. The molecule has 0 spiro atoms. The van der Waals surface area contributed by atoms with Crippen molar-refractivity contribution in [3.05, 3.63) is 0 Å². The van der Waals surface area contributed by atoms with Gasteiger partial charge in [-0.25, -0.2) is 9.79 Å². The summed E-state index contributed by atoms with van der Waals surface area (Å²) in [6.45, 7) is 7.48. The fraction of sp³-hybridized carbons (Fsp3) is 0.750. The van der Waals surface area contributed by atoms with Crippen LogP contribution < -0.4 is 5.48 Å². The highest BCUT2D eigenvalue weighted by Crippen LogP contribution is 2.08. The van der Waals surface area contributed by atoms with Crippen LogP contribution in [0.25, 0.3) is 0 Å². The first-order valence-electron chi connectivity index (χ1n) is 6.02. The number of carboxylic acid groups (broad SMARTS) is 1. The third-order valence-corrected chi connectivity index (χ3v) is 2.25. The maximum absolute atomic E-state index is 11.7. The SMILES string of the molecule is CC(C)CC(=NC(=O)[C@H](CC(C)C)NO)C(=O)O. The lowest BCUT2D eigenvalue weighted by molar-refractivity contribution is -0.130. The lowest BCUT2D eigenvalue weighted by Gasteiger charge is -2.14. The first kappa shape index (κ1) is 16.7. The van der Waals surface area contributed by atoms with Crippen molar-refractivity contribution in [3.63, 3.8) is 0 Å². The number of hydrogen-bond acceptors (Lipinski definition) is 4. The van der Waals surface area contributed by atoms with E-state index in [-0.39, 0.29) is 24.0 Å². The predicted molar refractivity (Wildman–Crippen MR) is 67.7 cm³/mol. The normalized spacial score (nSPS) is 14.1. The second-order valence-corrected chi connectivity index (χ2v) is 5.11. The number of amides is 1. The minimum absolute atomic E-state index is 0.0956. The molecule has 18 heavy (non-hydrogen) atoms. The van der Waals surface area contributed by atoms with Gasteiger partial charge in [-0.3, -0.25) is 4.79 Å². The van der Waals surface area contributed by atoms with E-state index in [1.54, 1.807) is 0 Å². The van der Waals surface area contributed by atoms with Crippen LogP contribution in [-0.2, 0) is 9.59 Å². The Labute approximate surface area is 107 Å². The second kappa shape index (κ2) is 7.94. The Balaban J connectivity index is 4.86. The van der Waals surface area contributed by atoms with Crippen molar-refractivity contribution in [1.82, 2.24) is 5.48 Å². The molecular formula is C12H22N2O4. The molecule has 0 unspecified atom stereocenters. The zero-order valence-corrected chi connectivity index (χ0v) is 11.3. The molecule has 1 atom stereocenters. The van der Waals surface area contributed by atoms with Crippen LogP contribution in [0, 0.1) is 11.8 Å². The Morgan fingerprint density at radius 3 is 2.06 bits per heavy atom. The predicted octanol–water partition coefficient (Wildman–Crippen LogP) is 1.48. The zero-order valence-electron chi connectivity index (χ0n) is 11.3. The first-order chi connectivity index (χ1) is 8.27. The summed E-state index contributed by atoms with van der Waals surface area (Å²) in [5, 5.41) is 17.8. The molecule has 0 saturated heterocycles. The van der Waals surface area contributed by atoms with E-state index in [4.69, 9.17) is 10.3 Å². The molecule has 0 rings (SSSR count). The molecule has 0 aromatic heterocycles. The number of hydroxylamine groups is 1. The maximum Gasteiger partial charge on any atom is 0.350 e.